The lowest BCUT2D eigenvalue weighted by atomic mass is 10.2. The number of para-hydroxylation sites is 1. The molecule has 0 spiro atoms. The molecule has 0 aliphatic carbocycles. The van der Waals surface area contributed by atoms with Crippen molar-refractivity contribution >= 4 is 34.8 Å². The van der Waals surface area contributed by atoms with Gasteiger partial charge in [-0.3, -0.25) is 9.59 Å². The van der Waals surface area contributed by atoms with Gasteiger partial charge in [0.25, 0.3) is 0 Å². The number of carbonyl (C=O) groups is 2. The van der Waals surface area contributed by atoms with Gasteiger partial charge in [-0.1, -0.05) is 23.7 Å². The summed E-state index contributed by atoms with van der Waals surface area (Å²) in [5.41, 5.74) is 1.28. The van der Waals surface area contributed by atoms with Crippen molar-refractivity contribution in [2.45, 2.75) is 33.3 Å². The molecule has 0 aromatic heterocycles. The molecule has 0 aliphatic heterocycles. The highest BCUT2D eigenvalue weighted by molar-refractivity contribution is 6.33. The lowest BCUT2D eigenvalue weighted by Gasteiger charge is -2.21. The second-order valence-electron chi connectivity index (χ2n) is 6.11. The molecule has 0 radical (unpaired) electrons. The van der Waals surface area contributed by atoms with E-state index >= 15 is 0 Å². The van der Waals surface area contributed by atoms with E-state index in [1.165, 1.54) is 6.92 Å². The normalized spacial score (nSPS) is 10.5. The molecule has 0 heterocycles. The van der Waals surface area contributed by atoms with E-state index in [-0.39, 0.29) is 30.9 Å². The summed E-state index contributed by atoms with van der Waals surface area (Å²) in [6.45, 7) is 5.65. The number of amides is 2. The zero-order valence-electron chi connectivity index (χ0n) is 15.2. The van der Waals surface area contributed by atoms with Gasteiger partial charge >= 0.3 is 0 Å². The Hall–Kier alpha value is -2.53. The van der Waals surface area contributed by atoms with E-state index in [1.807, 2.05) is 38.1 Å². The summed E-state index contributed by atoms with van der Waals surface area (Å²) in [4.78, 5) is 25.7. The Balaban J connectivity index is 1.98. The summed E-state index contributed by atoms with van der Waals surface area (Å²) >= 11 is 6.04. The monoisotopic (exact) mass is 374 g/mol. The van der Waals surface area contributed by atoms with Crippen LogP contribution in [0, 0.1) is 0 Å². The van der Waals surface area contributed by atoms with E-state index in [2.05, 4.69) is 5.32 Å². The van der Waals surface area contributed by atoms with Gasteiger partial charge in [-0.05, 0) is 50.2 Å². The van der Waals surface area contributed by atoms with E-state index in [9.17, 15) is 9.59 Å². The van der Waals surface area contributed by atoms with Crippen molar-refractivity contribution in [2.75, 3.05) is 16.8 Å². The smallest absolute Gasteiger partial charge is 0.226 e. The van der Waals surface area contributed by atoms with Gasteiger partial charge < -0.3 is 15.0 Å². The number of anilines is 2. The average Bonchev–Trinajstić information content (AvgIpc) is 2.58. The molecule has 0 saturated heterocycles. The average molecular weight is 375 g/mol. The molecule has 138 valence electrons. The van der Waals surface area contributed by atoms with Crippen molar-refractivity contribution < 1.29 is 14.3 Å². The van der Waals surface area contributed by atoms with Crippen molar-refractivity contribution in [2.24, 2.45) is 0 Å². The number of nitrogens with one attached hydrogen (secondary N) is 1. The van der Waals surface area contributed by atoms with Gasteiger partial charge in [-0.25, -0.2) is 0 Å². The number of rotatable bonds is 7. The lowest BCUT2D eigenvalue weighted by Crippen LogP contribution is -2.31. The number of halogens is 1. The van der Waals surface area contributed by atoms with Gasteiger partial charge in [0.05, 0.1) is 16.8 Å². The minimum Gasteiger partial charge on any atom is -0.491 e. The van der Waals surface area contributed by atoms with E-state index in [1.54, 1.807) is 29.2 Å². The summed E-state index contributed by atoms with van der Waals surface area (Å²) < 4.78 is 5.61. The van der Waals surface area contributed by atoms with E-state index in [0.29, 0.717) is 10.7 Å². The maximum absolute atomic E-state index is 12.2. The predicted octanol–water partition coefficient (Wildman–Crippen LogP) is 4.51. The third-order valence-electron chi connectivity index (χ3n) is 3.61. The second-order valence-corrected chi connectivity index (χ2v) is 6.52. The molecule has 0 bridgehead atoms. The molecule has 5 nitrogen and oxygen atoms in total. The first-order valence-electron chi connectivity index (χ1n) is 8.46. The minimum absolute atomic E-state index is 0.0817. The standard InChI is InChI=1S/C20H23ClN2O3/c1-14(2)26-17-10-8-16(9-11-17)23(15(3)24)13-12-20(25)22-19-7-5-4-6-18(19)21/h4-11,14H,12-13H2,1-3H3,(H,22,25). The summed E-state index contributed by atoms with van der Waals surface area (Å²) in [5.74, 6) is 0.404. The zero-order chi connectivity index (χ0) is 19.1. The maximum atomic E-state index is 12.2. The number of benzene rings is 2. The third kappa shape index (κ3) is 5.77. The van der Waals surface area contributed by atoms with Gasteiger partial charge in [0, 0.05) is 25.6 Å². The summed E-state index contributed by atoms with van der Waals surface area (Å²) in [7, 11) is 0. The predicted molar refractivity (Wildman–Crippen MR) is 105 cm³/mol. The molecule has 26 heavy (non-hydrogen) atoms. The number of hydrogen-bond donors (Lipinski definition) is 1. The Morgan fingerprint density at radius 3 is 2.35 bits per heavy atom. The van der Waals surface area contributed by atoms with Crippen molar-refractivity contribution in [1.82, 2.24) is 0 Å². The summed E-state index contributed by atoms with van der Waals surface area (Å²) in [6.07, 6.45) is 0.243. The van der Waals surface area contributed by atoms with Crippen LogP contribution in [0.5, 0.6) is 5.75 Å². The highest BCUT2D eigenvalue weighted by atomic mass is 35.5. The van der Waals surface area contributed by atoms with Crippen LogP contribution in [0.25, 0.3) is 0 Å². The molecule has 0 saturated carbocycles. The largest absolute Gasteiger partial charge is 0.491 e. The minimum atomic E-state index is -0.205. The van der Waals surface area contributed by atoms with Crippen LogP contribution in [0.15, 0.2) is 48.5 Å². The topological polar surface area (TPSA) is 58.6 Å². The summed E-state index contributed by atoms with van der Waals surface area (Å²) in [6, 6.07) is 14.3. The van der Waals surface area contributed by atoms with E-state index < -0.39 is 0 Å². The van der Waals surface area contributed by atoms with Gasteiger partial charge in [-0.2, -0.15) is 0 Å². The molecular weight excluding hydrogens is 352 g/mol. The molecule has 2 aromatic rings. The molecule has 2 amide bonds. The molecular formula is C20H23ClN2O3. The molecule has 2 rings (SSSR count). The van der Waals surface area contributed by atoms with E-state index in [0.717, 1.165) is 11.4 Å². The molecule has 0 unspecified atom stereocenters. The molecule has 0 atom stereocenters. The van der Waals surface area contributed by atoms with Crippen LogP contribution in [-0.4, -0.2) is 24.5 Å². The first-order chi connectivity index (χ1) is 12.4. The van der Waals surface area contributed by atoms with Crippen molar-refractivity contribution in [1.29, 1.82) is 0 Å². The molecule has 0 fully saturated rings. The fraction of sp³-hybridized carbons (Fsp3) is 0.300. The number of nitrogens with zero attached hydrogens (tertiary/aromatic N) is 1. The van der Waals surface area contributed by atoms with Crippen LogP contribution in [0.4, 0.5) is 11.4 Å². The zero-order valence-corrected chi connectivity index (χ0v) is 15.9. The highest BCUT2D eigenvalue weighted by Gasteiger charge is 2.14. The number of carbonyl (C=O) groups excluding carboxylic acids is 2. The molecule has 6 heteroatoms. The lowest BCUT2D eigenvalue weighted by molar-refractivity contribution is -0.117. The fourth-order valence-electron chi connectivity index (χ4n) is 2.43. The number of ether oxygens (including phenoxy) is 1. The fourth-order valence-corrected chi connectivity index (χ4v) is 2.62. The quantitative estimate of drug-likeness (QED) is 0.775. The Bertz CT molecular complexity index is 760. The van der Waals surface area contributed by atoms with Crippen LogP contribution in [0.1, 0.15) is 27.2 Å². The maximum Gasteiger partial charge on any atom is 0.226 e. The summed E-state index contributed by atoms with van der Waals surface area (Å²) in [5, 5.41) is 3.23. The van der Waals surface area contributed by atoms with Gasteiger partial charge in [0.1, 0.15) is 5.75 Å². The van der Waals surface area contributed by atoms with Crippen LogP contribution in [0.2, 0.25) is 5.02 Å². The molecule has 1 N–H and O–H groups in total. The Kier molecular flexibility index (Phi) is 7.04. The van der Waals surface area contributed by atoms with Gasteiger partial charge in [0.15, 0.2) is 0 Å². The van der Waals surface area contributed by atoms with Crippen molar-refractivity contribution in [3.8, 4) is 5.75 Å². The van der Waals surface area contributed by atoms with Crippen LogP contribution < -0.4 is 15.0 Å². The van der Waals surface area contributed by atoms with Gasteiger partial charge in [0.2, 0.25) is 11.8 Å². The van der Waals surface area contributed by atoms with Gasteiger partial charge in [-0.15, -0.1) is 0 Å². The first kappa shape index (κ1) is 19.8. The van der Waals surface area contributed by atoms with Crippen LogP contribution in [0.3, 0.4) is 0 Å². The van der Waals surface area contributed by atoms with Crippen LogP contribution in [-0.2, 0) is 9.59 Å². The Morgan fingerprint density at radius 2 is 1.77 bits per heavy atom. The molecule has 0 aliphatic rings. The van der Waals surface area contributed by atoms with Crippen LogP contribution >= 0.6 is 11.6 Å². The SMILES string of the molecule is CC(=O)N(CCC(=O)Nc1ccccc1Cl)c1ccc(OC(C)C)cc1. The second kappa shape index (κ2) is 9.25. The Labute approximate surface area is 158 Å². The highest BCUT2D eigenvalue weighted by Crippen LogP contribution is 2.22. The van der Waals surface area contributed by atoms with Crippen molar-refractivity contribution in [3.05, 3.63) is 53.6 Å². The molecule has 2 aromatic carbocycles. The van der Waals surface area contributed by atoms with Crippen molar-refractivity contribution in [3.63, 3.8) is 0 Å². The Morgan fingerprint density at radius 1 is 1.12 bits per heavy atom. The number of hydrogen-bond acceptors (Lipinski definition) is 3. The third-order valence-corrected chi connectivity index (χ3v) is 3.94. The van der Waals surface area contributed by atoms with E-state index in [4.69, 9.17) is 16.3 Å². The first-order valence-corrected chi connectivity index (χ1v) is 8.84.